The zero-order valence-corrected chi connectivity index (χ0v) is 14.0. The summed E-state index contributed by atoms with van der Waals surface area (Å²) in [5.41, 5.74) is 1.06. The molecule has 0 spiro atoms. The highest BCUT2D eigenvalue weighted by Crippen LogP contribution is 2.24. The Morgan fingerprint density at radius 1 is 1.30 bits per heavy atom. The Morgan fingerprint density at radius 3 is 2.61 bits per heavy atom. The van der Waals surface area contributed by atoms with Gasteiger partial charge in [-0.15, -0.1) is 0 Å². The van der Waals surface area contributed by atoms with Gasteiger partial charge in [0.25, 0.3) is 0 Å². The number of hydrogen-bond acceptors (Lipinski definition) is 3. The number of ether oxygens (including phenoxy) is 1. The van der Waals surface area contributed by atoms with E-state index >= 15 is 0 Å². The van der Waals surface area contributed by atoms with Crippen molar-refractivity contribution in [1.29, 1.82) is 0 Å². The van der Waals surface area contributed by atoms with Crippen LogP contribution in [0.4, 0.5) is 4.79 Å². The molecule has 3 unspecified atom stereocenters. The Kier molecular flexibility index (Phi) is 6.71. The Labute approximate surface area is 138 Å². The van der Waals surface area contributed by atoms with E-state index in [0.29, 0.717) is 0 Å². The van der Waals surface area contributed by atoms with Crippen molar-refractivity contribution in [3.63, 3.8) is 0 Å². The van der Waals surface area contributed by atoms with Gasteiger partial charge in [-0.05, 0) is 37.0 Å². The van der Waals surface area contributed by atoms with Crippen LogP contribution >= 0.6 is 0 Å². The maximum absolute atomic E-state index is 12.3. The highest BCUT2D eigenvalue weighted by atomic mass is 16.5. The molecule has 1 aromatic carbocycles. The molecule has 1 aliphatic rings. The first kappa shape index (κ1) is 17.6. The number of carbonyl (C=O) groups excluding carboxylic acids is 1. The van der Waals surface area contributed by atoms with Crippen LogP contribution in [0.25, 0.3) is 0 Å². The standard InChI is InChI=1S/C18H28N2O3/c1-3-16(13-8-10-15(23-2)11-9-13)19-18(22)20-17-7-5-4-6-14(17)12-21/h8-11,14,16-17,21H,3-7,12H2,1-2H3,(H2,19,20,22). The third-order valence-electron chi connectivity index (χ3n) is 4.69. The topological polar surface area (TPSA) is 70.6 Å². The van der Waals surface area contributed by atoms with Crippen LogP contribution in [-0.4, -0.2) is 30.9 Å². The minimum Gasteiger partial charge on any atom is -0.497 e. The van der Waals surface area contributed by atoms with E-state index in [0.717, 1.165) is 43.4 Å². The van der Waals surface area contributed by atoms with Crippen LogP contribution in [0.5, 0.6) is 5.75 Å². The molecule has 23 heavy (non-hydrogen) atoms. The largest absolute Gasteiger partial charge is 0.497 e. The van der Waals surface area contributed by atoms with E-state index < -0.39 is 0 Å². The van der Waals surface area contributed by atoms with Crippen molar-refractivity contribution >= 4 is 6.03 Å². The van der Waals surface area contributed by atoms with Gasteiger partial charge in [0.15, 0.2) is 0 Å². The molecule has 0 bridgehead atoms. The van der Waals surface area contributed by atoms with Gasteiger partial charge < -0.3 is 20.5 Å². The molecule has 2 rings (SSSR count). The lowest BCUT2D eigenvalue weighted by molar-refractivity contribution is 0.153. The summed E-state index contributed by atoms with van der Waals surface area (Å²) in [5, 5.41) is 15.5. The van der Waals surface area contributed by atoms with Gasteiger partial charge in [0.1, 0.15) is 5.75 Å². The normalized spacial score (nSPS) is 22.2. The molecule has 3 N–H and O–H groups in total. The third-order valence-corrected chi connectivity index (χ3v) is 4.69. The first-order valence-electron chi connectivity index (χ1n) is 8.49. The SMILES string of the molecule is CCC(NC(=O)NC1CCCCC1CO)c1ccc(OC)cc1. The molecule has 0 saturated heterocycles. The number of urea groups is 1. The highest BCUT2D eigenvalue weighted by molar-refractivity contribution is 5.74. The van der Waals surface area contributed by atoms with Gasteiger partial charge in [-0.1, -0.05) is 31.9 Å². The van der Waals surface area contributed by atoms with E-state index in [9.17, 15) is 9.90 Å². The first-order chi connectivity index (χ1) is 11.2. The van der Waals surface area contributed by atoms with Crippen LogP contribution in [0.3, 0.4) is 0 Å². The smallest absolute Gasteiger partial charge is 0.315 e. The minimum absolute atomic E-state index is 0.0305. The van der Waals surface area contributed by atoms with E-state index in [-0.39, 0.29) is 30.6 Å². The van der Waals surface area contributed by atoms with Gasteiger partial charge in [0, 0.05) is 18.6 Å². The summed E-state index contributed by atoms with van der Waals surface area (Å²) in [6.45, 7) is 2.19. The number of nitrogens with one attached hydrogen (secondary N) is 2. The van der Waals surface area contributed by atoms with Crippen molar-refractivity contribution < 1.29 is 14.6 Å². The summed E-state index contributed by atoms with van der Waals surface area (Å²) in [7, 11) is 1.64. The van der Waals surface area contributed by atoms with Crippen LogP contribution in [0.2, 0.25) is 0 Å². The van der Waals surface area contributed by atoms with Gasteiger partial charge in [-0.25, -0.2) is 4.79 Å². The lowest BCUT2D eigenvalue weighted by atomic mass is 9.85. The average molecular weight is 320 g/mol. The van der Waals surface area contributed by atoms with Gasteiger partial charge in [0.2, 0.25) is 0 Å². The van der Waals surface area contributed by atoms with E-state index in [1.54, 1.807) is 7.11 Å². The van der Waals surface area contributed by atoms with Gasteiger partial charge in [-0.2, -0.15) is 0 Å². The van der Waals surface area contributed by atoms with Crippen molar-refractivity contribution in [3.05, 3.63) is 29.8 Å². The maximum atomic E-state index is 12.3. The molecule has 1 saturated carbocycles. The molecule has 0 radical (unpaired) electrons. The van der Waals surface area contributed by atoms with Gasteiger partial charge >= 0.3 is 6.03 Å². The number of methoxy groups -OCH3 is 1. The van der Waals surface area contributed by atoms with Crippen LogP contribution in [0.15, 0.2) is 24.3 Å². The monoisotopic (exact) mass is 320 g/mol. The summed E-state index contributed by atoms with van der Waals surface area (Å²) in [4.78, 5) is 12.3. The number of carbonyl (C=O) groups is 1. The number of hydrogen-bond donors (Lipinski definition) is 3. The molecule has 2 amide bonds. The zero-order chi connectivity index (χ0) is 16.7. The van der Waals surface area contributed by atoms with Crippen molar-refractivity contribution in [2.24, 2.45) is 5.92 Å². The van der Waals surface area contributed by atoms with Crippen LogP contribution in [0, 0.1) is 5.92 Å². The summed E-state index contributed by atoms with van der Waals surface area (Å²) >= 11 is 0. The number of aliphatic hydroxyl groups excluding tert-OH is 1. The van der Waals surface area contributed by atoms with Crippen LogP contribution in [-0.2, 0) is 0 Å². The first-order valence-corrected chi connectivity index (χ1v) is 8.49. The number of aliphatic hydroxyl groups is 1. The molecule has 1 fully saturated rings. The lowest BCUT2D eigenvalue weighted by Crippen LogP contribution is -2.48. The molecule has 0 aliphatic heterocycles. The molecule has 128 valence electrons. The molecule has 1 aromatic rings. The second-order valence-electron chi connectivity index (χ2n) is 6.19. The summed E-state index contributed by atoms with van der Waals surface area (Å²) in [6.07, 6.45) is 4.98. The quantitative estimate of drug-likeness (QED) is 0.754. The Bertz CT molecular complexity index is 490. The third kappa shape index (κ3) is 4.86. The molecule has 1 aliphatic carbocycles. The molecule has 3 atom stereocenters. The maximum Gasteiger partial charge on any atom is 0.315 e. The molecular weight excluding hydrogens is 292 g/mol. The average Bonchev–Trinajstić information content (AvgIpc) is 2.60. The van der Waals surface area contributed by atoms with E-state index in [4.69, 9.17) is 4.74 Å². The molecule has 5 nitrogen and oxygen atoms in total. The summed E-state index contributed by atoms with van der Waals surface area (Å²) in [6, 6.07) is 7.65. The molecule has 0 heterocycles. The number of benzene rings is 1. The predicted molar refractivity (Wildman–Crippen MR) is 90.5 cm³/mol. The predicted octanol–water partition coefficient (Wildman–Crippen LogP) is 3.00. The molecule has 0 aromatic heterocycles. The minimum atomic E-state index is -0.155. The second kappa shape index (κ2) is 8.77. The fourth-order valence-electron chi connectivity index (χ4n) is 3.24. The van der Waals surface area contributed by atoms with Crippen LogP contribution < -0.4 is 15.4 Å². The van der Waals surface area contributed by atoms with Crippen molar-refractivity contribution in [3.8, 4) is 5.75 Å². The summed E-state index contributed by atoms with van der Waals surface area (Å²) < 4.78 is 5.16. The Hall–Kier alpha value is -1.75. The van der Waals surface area contributed by atoms with Crippen molar-refractivity contribution in [2.75, 3.05) is 13.7 Å². The number of amides is 2. The highest BCUT2D eigenvalue weighted by Gasteiger charge is 2.26. The fourth-order valence-corrected chi connectivity index (χ4v) is 3.24. The lowest BCUT2D eigenvalue weighted by Gasteiger charge is -2.31. The second-order valence-corrected chi connectivity index (χ2v) is 6.19. The Balaban J connectivity index is 1.93. The van der Waals surface area contributed by atoms with E-state index in [1.807, 2.05) is 31.2 Å². The Morgan fingerprint density at radius 2 is 2.00 bits per heavy atom. The van der Waals surface area contributed by atoms with Gasteiger partial charge in [0.05, 0.1) is 13.2 Å². The molecular formula is C18H28N2O3. The van der Waals surface area contributed by atoms with Crippen molar-refractivity contribution in [1.82, 2.24) is 10.6 Å². The number of rotatable bonds is 6. The van der Waals surface area contributed by atoms with E-state index in [1.165, 1.54) is 0 Å². The van der Waals surface area contributed by atoms with Crippen molar-refractivity contribution in [2.45, 2.75) is 51.1 Å². The summed E-state index contributed by atoms with van der Waals surface area (Å²) in [5.74, 6) is 0.983. The van der Waals surface area contributed by atoms with E-state index in [2.05, 4.69) is 10.6 Å². The molecule has 5 heteroatoms. The zero-order valence-electron chi connectivity index (χ0n) is 14.0. The fraction of sp³-hybridized carbons (Fsp3) is 0.611. The van der Waals surface area contributed by atoms with Crippen LogP contribution in [0.1, 0.15) is 50.6 Å². The van der Waals surface area contributed by atoms with Gasteiger partial charge in [-0.3, -0.25) is 0 Å².